The molecule has 0 aliphatic carbocycles. The molecule has 38 heavy (non-hydrogen) atoms. The van der Waals surface area contributed by atoms with Gasteiger partial charge < -0.3 is 29.4 Å². The number of aryl methyl sites for hydroxylation is 1. The third kappa shape index (κ3) is 7.57. The van der Waals surface area contributed by atoms with Crippen LogP contribution in [0.3, 0.4) is 0 Å². The number of hydrogen-bond donors (Lipinski definition) is 1. The molecular weight excluding hydrogens is 480 g/mol. The number of carbonyl (C=O) groups excluding carboxylic acids is 1. The van der Waals surface area contributed by atoms with Crippen LogP contribution in [0.15, 0.2) is 48.7 Å². The number of fused-ring (bicyclic) bond motifs is 1. The average Bonchev–Trinajstić information content (AvgIpc) is 3.20. The SMILES string of the molecule is CCOC(CN(Cc1cccc2c(C#N)cn(C)c12)C(=O)C(N)Cc1ccc(OC(C)(C)C)cc1)OCC. The lowest BCUT2D eigenvalue weighted by Gasteiger charge is -2.30. The third-order valence-electron chi connectivity index (χ3n) is 6.07. The Morgan fingerprint density at radius 1 is 1.11 bits per heavy atom. The summed E-state index contributed by atoms with van der Waals surface area (Å²) in [6, 6.07) is 15.0. The molecule has 0 aliphatic heterocycles. The van der Waals surface area contributed by atoms with Gasteiger partial charge in [0.15, 0.2) is 6.29 Å². The van der Waals surface area contributed by atoms with Gasteiger partial charge in [0.05, 0.1) is 23.7 Å². The van der Waals surface area contributed by atoms with Crippen molar-refractivity contribution in [1.82, 2.24) is 9.47 Å². The number of nitrogens with two attached hydrogens (primary N) is 1. The van der Waals surface area contributed by atoms with Crippen molar-refractivity contribution in [1.29, 1.82) is 5.26 Å². The van der Waals surface area contributed by atoms with Crippen molar-refractivity contribution in [2.24, 2.45) is 12.8 Å². The average molecular weight is 521 g/mol. The van der Waals surface area contributed by atoms with Gasteiger partial charge in [-0.25, -0.2) is 0 Å². The number of rotatable bonds is 12. The topological polar surface area (TPSA) is 103 Å². The standard InChI is InChI=1S/C30H40N4O4/c1-7-36-27(37-8-2)20-34(19-22-10-9-11-25-23(17-31)18-33(6)28(22)25)29(35)26(32)16-21-12-14-24(15-13-21)38-30(3,4)5/h9-15,18,26-27H,7-8,16,19-20,32H2,1-6H3. The number of aromatic nitrogens is 1. The number of ether oxygens (including phenoxy) is 3. The molecule has 0 fully saturated rings. The van der Waals surface area contributed by atoms with Gasteiger partial charge in [-0.05, 0) is 64.3 Å². The lowest BCUT2D eigenvalue weighted by molar-refractivity contribution is -0.160. The molecule has 0 spiro atoms. The zero-order chi connectivity index (χ0) is 27.9. The first-order valence-electron chi connectivity index (χ1n) is 13.1. The first-order valence-corrected chi connectivity index (χ1v) is 13.1. The second-order valence-electron chi connectivity index (χ2n) is 10.3. The van der Waals surface area contributed by atoms with Crippen LogP contribution in [-0.2, 0) is 34.3 Å². The number of hydrogen-bond acceptors (Lipinski definition) is 6. The number of benzene rings is 2. The second kappa shape index (κ2) is 12.9. The summed E-state index contributed by atoms with van der Waals surface area (Å²) < 4.78 is 19.4. The van der Waals surface area contributed by atoms with Crippen molar-refractivity contribution in [3.8, 4) is 11.8 Å². The van der Waals surface area contributed by atoms with E-state index >= 15 is 0 Å². The fourth-order valence-electron chi connectivity index (χ4n) is 4.54. The van der Waals surface area contributed by atoms with Crippen molar-refractivity contribution in [2.45, 2.75) is 65.5 Å². The number of nitrogens with zero attached hydrogens (tertiary/aromatic N) is 3. The number of amides is 1. The summed E-state index contributed by atoms with van der Waals surface area (Å²) in [6.07, 6.45) is 1.62. The van der Waals surface area contributed by atoms with Crippen LogP contribution in [0.25, 0.3) is 10.9 Å². The maximum Gasteiger partial charge on any atom is 0.240 e. The highest BCUT2D eigenvalue weighted by atomic mass is 16.7. The summed E-state index contributed by atoms with van der Waals surface area (Å²) in [5, 5.41) is 10.4. The van der Waals surface area contributed by atoms with Crippen LogP contribution < -0.4 is 10.5 Å². The Bertz CT molecular complexity index is 1250. The van der Waals surface area contributed by atoms with Crippen molar-refractivity contribution in [2.75, 3.05) is 19.8 Å². The first kappa shape index (κ1) is 29.2. The van der Waals surface area contributed by atoms with E-state index < -0.39 is 12.3 Å². The number of carbonyl (C=O) groups is 1. The largest absolute Gasteiger partial charge is 0.488 e. The Labute approximate surface area is 225 Å². The maximum atomic E-state index is 13.7. The van der Waals surface area contributed by atoms with Crippen molar-refractivity contribution in [3.63, 3.8) is 0 Å². The van der Waals surface area contributed by atoms with Gasteiger partial charge in [-0.15, -0.1) is 0 Å². The highest BCUT2D eigenvalue weighted by Crippen LogP contribution is 2.25. The molecule has 2 N–H and O–H groups in total. The Morgan fingerprint density at radius 3 is 2.34 bits per heavy atom. The maximum absolute atomic E-state index is 13.7. The van der Waals surface area contributed by atoms with Crippen molar-refractivity contribution >= 4 is 16.8 Å². The molecule has 8 nitrogen and oxygen atoms in total. The lowest BCUT2D eigenvalue weighted by Crippen LogP contribution is -2.48. The normalized spacial score (nSPS) is 12.5. The summed E-state index contributed by atoms with van der Waals surface area (Å²) in [5.74, 6) is 0.572. The van der Waals surface area contributed by atoms with Crippen LogP contribution in [0.5, 0.6) is 5.75 Å². The number of nitriles is 1. The molecule has 1 heterocycles. The molecule has 3 rings (SSSR count). The summed E-state index contributed by atoms with van der Waals surface area (Å²) in [5.41, 5.74) is 9.57. The Kier molecular flexibility index (Phi) is 9.92. The van der Waals surface area contributed by atoms with Crippen LogP contribution in [0, 0.1) is 11.3 Å². The minimum Gasteiger partial charge on any atom is -0.488 e. The summed E-state index contributed by atoms with van der Waals surface area (Å²) >= 11 is 0. The molecule has 3 aromatic rings. The predicted molar refractivity (Wildman–Crippen MR) is 149 cm³/mol. The number of para-hydroxylation sites is 1. The van der Waals surface area contributed by atoms with Crippen LogP contribution in [0.4, 0.5) is 0 Å². The molecular formula is C30H40N4O4. The van der Waals surface area contributed by atoms with E-state index in [-0.39, 0.29) is 18.1 Å². The Balaban J connectivity index is 1.86. The van der Waals surface area contributed by atoms with E-state index in [0.717, 1.165) is 27.8 Å². The monoisotopic (exact) mass is 520 g/mol. The van der Waals surface area contributed by atoms with Crippen LogP contribution in [-0.4, -0.2) is 53.1 Å². The molecule has 0 saturated carbocycles. The molecule has 1 aromatic heterocycles. The minimum atomic E-state index is -0.754. The smallest absolute Gasteiger partial charge is 0.240 e. The fourth-order valence-corrected chi connectivity index (χ4v) is 4.54. The minimum absolute atomic E-state index is 0.198. The Morgan fingerprint density at radius 2 is 1.76 bits per heavy atom. The molecule has 1 amide bonds. The second-order valence-corrected chi connectivity index (χ2v) is 10.3. The Hall–Kier alpha value is -3.38. The molecule has 0 aliphatic rings. The third-order valence-corrected chi connectivity index (χ3v) is 6.07. The highest BCUT2D eigenvalue weighted by molar-refractivity contribution is 5.89. The van der Waals surface area contributed by atoms with Crippen LogP contribution in [0.2, 0.25) is 0 Å². The van der Waals surface area contributed by atoms with Gasteiger partial charge in [-0.2, -0.15) is 5.26 Å². The van der Waals surface area contributed by atoms with E-state index in [1.807, 2.05) is 94.9 Å². The summed E-state index contributed by atoms with van der Waals surface area (Å²) in [4.78, 5) is 15.4. The van der Waals surface area contributed by atoms with Crippen molar-refractivity contribution < 1.29 is 19.0 Å². The van der Waals surface area contributed by atoms with E-state index in [1.165, 1.54) is 0 Å². The molecule has 1 unspecified atom stereocenters. The van der Waals surface area contributed by atoms with Gasteiger partial charge >= 0.3 is 0 Å². The van der Waals surface area contributed by atoms with E-state index in [2.05, 4.69) is 6.07 Å². The predicted octanol–water partition coefficient (Wildman–Crippen LogP) is 4.52. The van der Waals surface area contributed by atoms with E-state index in [0.29, 0.717) is 31.7 Å². The summed E-state index contributed by atoms with van der Waals surface area (Å²) in [6.45, 7) is 11.2. The zero-order valence-electron chi connectivity index (χ0n) is 23.4. The highest BCUT2D eigenvalue weighted by Gasteiger charge is 2.26. The van der Waals surface area contributed by atoms with Gasteiger partial charge in [0.1, 0.15) is 17.4 Å². The van der Waals surface area contributed by atoms with Crippen LogP contribution in [0.1, 0.15) is 51.3 Å². The van der Waals surface area contributed by atoms with Crippen LogP contribution >= 0.6 is 0 Å². The molecule has 8 heteroatoms. The fraction of sp³-hybridized carbons (Fsp3) is 0.467. The molecule has 2 aromatic carbocycles. The first-order chi connectivity index (χ1) is 18.1. The van der Waals surface area contributed by atoms with Gasteiger partial charge in [0.2, 0.25) is 5.91 Å². The van der Waals surface area contributed by atoms with Crippen molar-refractivity contribution in [3.05, 3.63) is 65.4 Å². The van der Waals surface area contributed by atoms with Gasteiger partial charge in [0.25, 0.3) is 0 Å². The van der Waals surface area contributed by atoms with Gasteiger partial charge in [0, 0.05) is 38.4 Å². The molecule has 1 atom stereocenters. The van der Waals surface area contributed by atoms with E-state index in [9.17, 15) is 10.1 Å². The zero-order valence-corrected chi connectivity index (χ0v) is 23.4. The van der Waals surface area contributed by atoms with E-state index in [1.54, 1.807) is 4.90 Å². The molecule has 0 saturated heterocycles. The van der Waals surface area contributed by atoms with Gasteiger partial charge in [-0.3, -0.25) is 4.79 Å². The summed E-state index contributed by atoms with van der Waals surface area (Å²) in [7, 11) is 1.90. The van der Waals surface area contributed by atoms with E-state index in [4.69, 9.17) is 19.9 Å². The molecule has 204 valence electrons. The molecule has 0 bridgehead atoms. The quantitative estimate of drug-likeness (QED) is 0.352. The molecule has 0 radical (unpaired) electrons. The lowest BCUT2D eigenvalue weighted by atomic mass is 10.0. The van der Waals surface area contributed by atoms with Gasteiger partial charge in [-0.1, -0.05) is 30.3 Å².